The summed E-state index contributed by atoms with van der Waals surface area (Å²) in [4.78, 5) is 11.8. The van der Waals surface area contributed by atoms with Gasteiger partial charge < -0.3 is 14.8 Å². The van der Waals surface area contributed by atoms with Crippen LogP contribution in [0.1, 0.15) is 57.9 Å². The molecule has 0 radical (unpaired) electrons. The van der Waals surface area contributed by atoms with Gasteiger partial charge in [-0.15, -0.1) is 0 Å². The van der Waals surface area contributed by atoms with E-state index in [2.05, 4.69) is 12.2 Å². The summed E-state index contributed by atoms with van der Waals surface area (Å²) in [6, 6.07) is 5.82. The van der Waals surface area contributed by atoms with E-state index in [9.17, 15) is 4.79 Å². The Kier molecular flexibility index (Phi) is 8.10. The number of nitrogens with one attached hydrogen (secondary N) is 1. The van der Waals surface area contributed by atoms with Crippen molar-refractivity contribution in [2.75, 3.05) is 13.3 Å². The van der Waals surface area contributed by atoms with Crippen LogP contribution in [0.5, 0.6) is 11.5 Å². The van der Waals surface area contributed by atoms with E-state index in [0.717, 1.165) is 35.6 Å². The Bertz CT molecular complexity index is 620. The molecule has 4 heteroatoms. The number of carbonyl (C=O) groups is 1. The van der Waals surface area contributed by atoms with Crippen molar-refractivity contribution in [3.8, 4) is 11.5 Å². The highest BCUT2D eigenvalue weighted by atomic mass is 16.7. The lowest BCUT2D eigenvalue weighted by atomic mass is 10.1. The molecule has 0 unspecified atom stereocenters. The number of hydrogen-bond acceptors (Lipinski definition) is 3. The topological polar surface area (TPSA) is 47.6 Å². The van der Waals surface area contributed by atoms with Crippen LogP contribution < -0.4 is 14.8 Å². The van der Waals surface area contributed by atoms with Crippen LogP contribution in [0.2, 0.25) is 0 Å². The van der Waals surface area contributed by atoms with Gasteiger partial charge in [-0.1, -0.05) is 62.8 Å². The molecule has 25 heavy (non-hydrogen) atoms. The summed E-state index contributed by atoms with van der Waals surface area (Å²) in [5, 5.41) is 2.94. The number of benzene rings is 1. The minimum atomic E-state index is -0.0352. The maximum Gasteiger partial charge on any atom is 0.243 e. The summed E-state index contributed by atoms with van der Waals surface area (Å²) in [7, 11) is 0. The van der Waals surface area contributed by atoms with Gasteiger partial charge in [0.25, 0.3) is 0 Å². The van der Waals surface area contributed by atoms with Crippen molar-refractivity contribution in [2.24, 2.45) is 0 Å². The molecular formula is C21H29NO3. The zero-order valence-electron chi connectivity index (χ0n) is 15.3. The minimum absolute atomic E-state index is 0.0352. The molecule has 1 aromatic carbocycles. The molecule has 0 aliphatic carbocycles. The van der Waals surface area contributed by atoms with Gasteiger partial charge in [-0.25, -0.2) is 0 Å². The molecule has 4 nitrogen and oxygen atoms in total. The third-order valence-corrected chi connectivity index (χ3v) is 4.12. The van der Waals surface area contributed by atoms with Crippen molar-refractivity contribution in [3.63, 3.8) is 0 Å². The largest absolute Gasteiger partial charge is 0.454 e. The van der Waals surface area contributed by atoms with Gasteiger partial charge in [0.2, 0.25) is 12.7 Å². The second-order valence-corrected chi connectivity index (χ2v) is 6.39. The molecule has 1 N–H and O–H groups in total. The van der Waals surface area contributed by atoms with E-state index in [1.807, 2.05) is 37.3 Å². The van der Waals surface area contributed by atoms with Crippen LogP contribution in [-0.2, 0) is 4.79 Å². The molecule has 0 bridgehead atoms. The second-order valence-electron chi connectivity index (χ2n) is 6.39. The fourth-order valence-electron chi connectivity index (χ4n) is 2.70. The number of amides is 1. The first-order valence-electron chi connectivity index (χ1n) is 9.23. The van der Waals surface area contributed by atoms with Crippen molar-refractivity contribution in [3.05, 3.63) is 41.5 Å². The summed E-state index contributed by atoms with van der Waals surface area (Å²) < 4.78 is 10.7. The highest BCUT2D eigenvalue weighted by Crippen LogP contribution is 2.33. The van der Waals surface area contributed by atoms with E-state index in [1.165, 1.54) is 32.1 Å². The van der Waals surface area contributed by atoms with Crippen LogP contribution in [-0.4, -0.2) is 19.2 Å². The molecule has 0 saturated carbocycles. The molecule has 1 aliphatic heterocycles. The van der Waals surface area contributed by atoms with Crippen LogP contribution in [0.4, 0.5) is 0 Å². The van der Waals surface area contributed by atoms with Gasteiger partial charge in [-0.05, 0) is 31.0 Å². The average Bonchev–Trinajstić information content (AvgIpc) is 3.07. The molecule has 2 rings (SSSR count). The SMILES string of the molecule is CCCCCCCCNC(=O)/C=C/C(C)=C/c1ccc2c(c1)OCO2. The zero-order chi connectivity index (χ0) is 17.9. The summed E-state index contributed by atoms with van der Waals surface area (Å²) >= 11 is 0. The number of ether oxygens (including phenoxy) is 2. The number of carbonyl (C=O) groups excluding carboxylic acids is 1. The average molecular weight is 343 g/mol. The summed E-state index contributed by atoms with van der Waals surface area (Å²) in [6.45, 7) is 5.22. The fraction of sp³-hybridized carbons (Fsp3) is 0.476. The van der Waals surface area contributed by atoms with Crippen LogP contribution in [0.15, 0.2) is 35.9 Å². The fourth-order valence-corrected chi connectivity index (χ4v) is 2.70. The molecule has 0 aromatic heterocycles. The standard InChI is InChI=1S/C21H29NO3/c1-3-4-5-6-7-8-13-22-21(23)12-9-17(2)14-18-10-11-19-20(15-18)25-16-24-19/h9-12,14-15H,3-8,13,16H2,1-2H3,(H,22,23)/b12-9+,17-14+. The smallest absolute Gasteiger partial charge is 0.243 e. The molecular weight excluding hydrogens is 314 g/mol. The van der Waals surface area contributed by atoms with Crippen molar-refractivity contribution in [2.45, 2.75) is 52.4 Å². The third kappa shape index (κ3) is 7.04. The summed E-state index contributed by atoms with van der Waals surface area (Å²) in [5.41, 5.74) is 2.03. The predicted molar refractivity (Wildman–Crippen MR) is 102 cm³/mol. The maximum atomic E-state index is 11.8. The highest BCUT2D eigenvalue weighted by molar-refractivity contribution is 5.88. The van der Waals surface area contributed by atoms with Crippen LogP contribution in [0, 0.1) is 0 Å². The monoisotopic (exact) mass is 343 g/mol. The Hall–Kier alpha value is -2.23. The van der Waals surface area contributed by atoms with Crippen LogP contribution >= 0.6 is 0 Å². The molecule has 0 atom stereocenters. The first kappa shape index (κ1) is 19.1. The summed E-state index contributed by atoms with van der Waals surface area (Å²) in [6.07, 6.45) is 12.8. The molecule has 0 saturated heterocycles. The van der Waals surface area contributed by atoms with Crippen LogP contribution in [0.25, 0.3) is 6.08 Å². The summed E-state index contributed by atoms with van der Waals surface area (Å²) in [5.74, 6) is 1.51. The van der Waals surface area contributed by atoms with E-state index in [-0.39, 0.29) is 12.7 Å². The second kappa shape index (κ2) is 10.6. The van der Waals surface area contributed by atoms with Gasteiger partial charge in [0.05, 0.1) is 0 Å². The van der Waals surface area contributed by atoms with E-state index < -0.39 is 0 Å². The zero-order valence-corrected chi connectivity index (χ0v) is 15.3. The number of allylic oxidation sites excluding steroid dienone is 2. The first-order valence-corrected chi connectivity index (χ1v) is 9.23. The van der Waals surface area contributed by atoms with Crippen molar-refractivity contribution in [1.82, 2.24) is 5.32 Å². The van der Waals surface area contributed by atoms with E-state index in [4.69, 9.17) is 9.47 Å². The normalized spacial score (nSPS) is 13.4. The number of hydrogen-bond donors (Lipinski definition) is 1. The van der Waals surface area contributed by atoms with E-state index >= 15 is 0 Å². The molecule has 1 heterocycles. The predicted octanol–water partition coefficient (Wildman–Crippen LogP) is 4.85. The minimum Gasteiger partial charge on any atom is -0.454 e. The molecule has 136 valence electrons. The first-order chi connectivity index (χ1) is 12.2. The van der Waals surface area contributed by atoms with Crippen molar-refractivity contribution >= 4 is 12.0 Å². The van der Waals surface area contributed by atoms with E-state index in [1.54, 1.807) is 6.08 Å². The van der Waals surface area contributed by atoms with Gasteiger partial charge in [-0.3, -0.25) is 4.79 Å². The van der Waals surface area contributed by atoms with E-state index in [0.29, 0.717) is 0 Å². The molecule has 0 spiro atoms. The Morgan fingerprint density at radius 3 is 2.68 bits per heavy atom. The number of fused-ring (bicyclic) bond motifs is 1. The Morgan fingerprint density at radius 2 is 1.84 bits per heavy atom. The third-order valence-electron chi connectivity index (χ3n) is 4.12. The van der Waals surface area contributed by atoms with Gasteiger partial charge in [0, 0.05) is 12.6 Å². The molecule has 1 aliphatic rings. The quantitative estimate of drug-likeness (QED) is 0.375. The number of rotatable bonds is 10. The van der Waals surface area contributed by atoms with Gasteiger partial charge in [0.1, 0.15) is 0 Å². The highest BCUT2D eigenvalue weighted by Gasteiger charge is 2.12. The van der Waals surface area contributed by atoms with Gasteiger partial charge in [0.15, 0.2) is 11.5 Å². The van der Waals surface area contributed by atoms with Crippen LogP contribution in [0.3, 0.4) is 0 Å². The maximum absolute atomic E-state index is 11.8. The Morgan fingerprint density at radius 1 is 1.08 bits per heavy atom. The molecule has 1 aromatic rings. The van der Waals surface area contributed by atoms with Gasteiger partial charge in [-0.2, -0.15) is 0 Å². The Labute approximate surface area is 150 Å². The Balaban J connectivity index is 1.70. The lowest BCUT2D eigenvalue weighted by Crippen LogP contribution is -2.22. The number of unbranched alkanes of at least 4 members (excludes halogenated alkanes) is 5. The van der Waals surface area contributed by atoms with Crippen molar-refractivity contribution in [1.29, 1.82) is 0 Å². The molecule has 0 fully saturated rings. The lowest BCUT2D eigenvalue weighted by molar-refractivity contribution is -0.116. The van der Waals surface area contributed by atoms with Gasteiger partial charge >= 0.3 is 0 Å². The van der Waals surface area contributed by atoms with Crippen molar-refractivity contribution < 1.29 is 14.3 Å². The lowest BCUT2D eigenvalue weighted by Gasteiger charge is -2.02. The molecule has 1 amide bonds.